The molecular weight excluding hydrogens is 292 g/mol. The van der Waals surface area contributed by atoms with Gasteiger partial charge in [-0.1, -0.05) is 29.5 Å². The fraction of sp³-hybridized carbons (Fsp3) is 0.0714. The standard InChI is InChI=1S/C14H10N2O4S/c17-12(18)7-16-13(19)11(21-14(16)20)5-8-6-15-10-4-2-1-3-9(8)10/h1-6,19H,7H2,(H,17,18)/p-1/b8-5+. The minimum absolute atomic E-state index is 0.291. The highest BCUT2D eigenvalue weighted by molar-refractivity contribution is 7.10. The molecule has 0 bridgehead atoms. The highest BCUT2D eigenvalue weighted by Crippen LogP contribution is 2.34. The molecular formula is C14H9N2O4S-. The second-order valence-corrected chi connectivity index (χ2v) is 5.38. The van der Waals surface area contributed by atoms with Gasteiger partial charge in [-0.15, -0.1) is 0 Å². The Balaban J connectivity index is 2.04. The quantitative estimate of drug-likeness (QED) is 0.899. The summed E-state index contributed by atoms with van der Waals surface area (Å²) in [5, 5.41) is 20.5. The molecule has 1 aromatic heterocycles. The highest BCUT2D eigenvalue weighted by atomic mass is 32.1. The van der Waals surface area contributed by atoms with Gasteiger partial charge in [-0.05, 0) is 12.1 Å². The monoisotopic (exact) mass is 301 g/mol. The van der Waals surface area contributed by atoms with Gasteiger partial charge < -0.3 is 15.0 Å². The molecule has 1 aliphatic heterocycles. The van der Waals surface area contributed by atoms with Gasteiger partial charge in [0.2, 0.25) is 5.88 Å². The van der Waals surface area contributed by atoms with Gasteiger partial charge in [-0.25, -0.2) is 0 Å². The van der Waals surface area contributed by atoms with Crippen LogP contribution in [0.3, 0.4) is 0 Å². The van der Waals surface area contributed by atoms with E-state index in [0.717, 1.165) is 32.7 Å². The first-order valence-corrected chi connectivity index (χ1v) is 6.85. The molecule has 2 heterocycles. The summed E-state index contributed by atoms with van der Waals surface area (Å²) in [6.07, 6.45) is 3.25. The van der Waals surface area contributed by atoms with Crippen LogP contribution in [0, 0.1) is 0 Å². The van der Waals surface area contributed by atoms with Crippen LogP contribution in [0.4, 0.5) is 5.69 Å². The molecule has 0 atom stereocenters. The number of aromatic nitrogens is 1. The summed E-state index contributed by atoms with van der Waals surface area (Å²) in [5.41, 5.74) is 2.46. The van der Waals surface area contributed by atoms with E-state index in [-0.39, 0.29) is 5.88 Å². The van der Waals surface area contributed by atoms with Crippen LogP contribution >= 0.6 is 11.3 Å². The van der Waals surface area contributed by atoms with Crippen LogP contribution in [0.25, 0.3) is 11.6 Å². The summed E-state index contributed by atoms with van der Waals surface area (Å²) in [5.74, 6) is -1.81. The van der Waals surface area contributed by atoms with Crippen molar-refractivity contribution in [1.29, 1.82) is 0 Å². The molecule has 0 amide bonds. The molecule has 2 aromatic rings. The number of aromatic hydroxyl groups is 1. The number of para-hydroxylation sites is 1. The second-order valence-electron chi connectivity index (χ2n) is 4.39. The summed E-state index contributed by atoms with van der Waals surface area (Å²) >= 11 is 0.773. The van der Waals surface area contributed by atoms with Crippen molar-refractivity contribution in [1.82, 2.24) is 4.57 Å². The molecule has 0 saturated heterocycles. The van der Waals surface area contributed by atoms with E-state index in [9.17, 15) is 19.8 Å². The summed E-state index contributed by atoms with van der Waals surface area (Å²) < 4.78 is 0.768. The lowest BCUT2D eigenvalue weighted by Crippen LogP contribution is -2.30. The van der Waals surface area contributed by atoms with E-state index in [1.54, 1.807) is 12.3 Å². The molecule has 7 heteroatoms. The molecule has 1 N–H and O–H groups in total. The SMILES string of the molecule is O=C([O-])Cn1c(O)c(/C=C2\C=Nc3ccccc32)sc1=O. The van der Waals surface area contributed by atoms with Crippen molar-refractivity contribution in [3.05, 3.63) is 44.4 Å². The van der Waals surface area contributed by atoms with Crippen molar-refractivity contribution >= 4 is 40.9 Å². The first kappa shape index (κ1) is 13.3. The number of fused-ring (bicyclic) bond motifs is 1. The first-order chi connectivity index (χ1) is 10.1. The number of carbonyl (C=O) groups is 1. The normalized spacial score (nSPS) is 14.6. The Bertz CT molecular complexity index is 845. The van der Waals surface area contributed by atoms with Crippen LogP contribution in [-0.2, 0) is 11.3 Å². The van der Waals surface area contributed by atoms with Crippen molar-refractivity contribution in [2.45, 2.75) is 6.54 Å². The molecule has 3 rings (SSSR count). The van der Waals surface area contributed by atoms with Crippen molar-refractivity contribution in [2.24, 2.45) is 4.99 Å². The second kappa shape index (κ2) is 5.02. The zero-order chi connectivity index (χ0) is 15.0. The number of benzene rings is 1. The molecule has 0 aliphatic carbocycles. The molecule has 0 spiro atoms. The number of aliphatic imine (C=N–C) groups is 1. The number of carbonyl (C=O) groups excluding carboxylic acids is 1. The number of hydrogen-bond donors (Lipinski definition) is 1. The summed E-state index contributed by atoms with van der Waals surface area (Å²) in [6, 6.07) is 7.47. The van der Waals surface area contributed by atoms with Crippen LogP contribution in [0.2, 0.25) is 0 Å². The zero-order valence-corrected chi connectivity index (χ0v) is 11.5. The number of hydrogen-bond acceptors (Lipinski definition) is 6. The third-order valence-electron chi connectivity index (χ3n) is 3.03. The number of thiazole rings is 1. The van der Waals surface area contributed by atoms with Gasteiger partial charge in [0, 0.05) is 17.4 Å². The van der Waals surface area contributed by atoms with E-state index in [0.29, 0.717) is 4.88 Å². The largest absolute Gasteiger partial charge is 0.548 e. The van der Waals surface area contributed by atoms with Crippen molar-refractivity contribution in [3.8, 4) is 5.88 Å². The number of nitrogens with zero attached hydrogens (tertiary/aromatic N) is 2. The average Bonchev–Trinajstić information content (AvgIpc) is 2.96. The Morgan fingerprint density at radius 1 is 1.43 bits per heavy atom. The maximum Gasteiger partial charge on any atom is 0.310 e. The van der Waals surface area contributed by atoms with Crippen LogP contribution in [-0.4, -0.2) is 21.9 Å². The van der Waals surface area contributed by atoms with Gasteiger partial charge in [-0.3, -0.25) is 14.4 Å². The van der Waals surface area contributed by atoms with Crippen molar-refractivity contribution < 1.29 is 15.0 Å². The van der Waals surface area contributed by atoms with E-state index >= 15 is 0 Å². The van der Waals surface area contributed by atoms with Gasteiger partial charge >= 0.3 is 4.87 Å². The molecule has 6 nitrogen and oxygen atoms in total. The number of carboxylic acids is 1. The summed E-state index contributed by atoms with van der Waals surface area (Å²) in [6.45, 7) is -0.672. The lowest BCUT2D eigenvalue weighted by molar-refractivity contribution is -0.306. The predicted octanol–water partition coefficient (Wildman–Crippen LogP) is 0.622. The predicted molar refractivity (Wildman–Crippen MR) is 77.7 cm³/mol. The van der Waals surface area contributed by atoms with Gasteiger partial charge in [0.15, 0.2) is 0 Å². The lowest BCUT2D eigenvalue weighted by Gasteiger charge is -2.03. The fourth-order valence-corrected chi connectivity index (χ4v) is 2.91. The first-order valence-electron chi connectivity index (χ1n) is 6.04. The molecule has 1 aliphatic rings. The average molecular weight is 301 g/mol. The van der Waals surface area contributed by atoms with Crippen LogP contribution in [0.5, 0.6) is 5.88 Å². The van der Waals surface area contributed by atoms with Gasteiger partial charge in [0.25, 0.3) is 0 Å². The smallest absolute Gasteiger partial charge is 0.310 e. The zero-order valence-electron chi connectivity index (χ0n) is 10.6. The number of carboxylic acid groups (broad SMARTS) is 1. The van der Waals surface area contributed by atoms with Gasteiger partial charge in [0.05, 0.1) is 23.1 Å². The van der Waals surface area contributed by atoms with E-state index in [2.05, 4.69) is 4.99 Å². The Hall–Kier alpha value is -2.67. The number of rotatable bonds is 3. The summed E-state index contributed by atoms with van der Waals surface area (Å²) in [7, 11) is 0. The van der Waals surface area contributed by atoms with Gasteiger partial charge in [0.1, 0.15) is 0 Å². The van der Waals surface area contributed by atoms with E-state index in [1.807, 2.05) is 24.3 Å². The topological polar surface area (TPSA) is 94.7 Å². The van der Waals surface area contributed by atoms with Crippen LogP contribution in [0.15, 0.2) is 34.1 Å². The maximum absolute atomic E-state index is 11.7. The maximum atomic E-state index is 11.7. The summed E-state index contributed by atoms with van der Waals surface area (Å²) in [4.78, 5) is 26.2. The molecule has 0 fully saturated rings. The Kier molecular flexibility index (Phi) is 3.19. The number of allylic oxidation sites excluding steroid dienone is 1. The van der Waals surface area contributed by atoms with E-state index < -0.39 is 17.4 Å². The highest BCUT2D eigenvalue weighted by Gasteiger charge is 2.16. The number of aliphatic carboxylic acids is 1. The van der Waals surface area contributed by atoms with Crippen LogP contribution in [0.1, 0.15) is 10.4 Å². The lowest BCUT2D eigenvalue weighted by atomic mass is 10.1. The minimum Gasteiger partial charge on any atom is -0.548 e. The molecule has 1 aromatic carbocycles. The Labute approximate surface area is 122 Å². The molecule has 106 valence electrons. The molecule has 21 heavy (non-hydrogen) atoms. The van der Waals surface area contributed by atoms with E-state index in [4.69, 9.17) is 0 Å². The van der Waals surface area contributed by atoms with Gasteiger partial charge in [-0.2, -0.15) is 0 Å². The van der Waals surface area contributed by atoms with Crippen molar-refractivity contribution in [3.63, 3.8) is 0 Å². The Morgan fingerprint density at radius 3 is 2.95 bits per heavy atom. The van der Waals surface area contributed by atoms with E-state index in [1.165, 1.54) is 0 Å². The third kappa shape index (κ3) is 2.38. The fourth-order valence-electron chi connectivity index (χ4n) is 2.07. The minimum atomic E-state index is -1.43. The molecule has 0 radical (unpaired) electrons. The molecule has 0 unspecified atom stereocenters. The third-order valence-corrected chi connectivity index (χ3v) is 3.94. The van der Waals surface area contributed by atoms with Crippen molar-refractivity contribution in [2.75, 3.05) is 0 Å². The Morgan fingerprint density at radius 2 is 2.19 bits per heavy atom. The van der Waals surface area contributed by atoms with Crippen LogP contribution < -0.4 is 9.98 Å². The molecule has 0 saturated carbocycles.